The molecule has 0 bridgehead atoms. The Bertz CT molecular complexity index is 643. The molecule has 0 unspecified atom stereocenters. The number of amides is 2. The number of ether oxygens (including phenoxy) is 3. The maximum absolute atomic E-state index is 12.6. The van der Waals surface area contributed by atoms with E-state index in [1.54, 1.807) is 19.2 Å². The highest BCUT2D eigenvalue weighted by Crippen LogP contribution is 2.31. The normalized spacial score (nSPS) is 15.8. The molecule has 0 aliphatic carbocycles. The molecule has 0 radical (unpaired) electrons. The molecule has 0 aromatic heterocycles. The highest BCUT2D eigenvalue weighted by atomic mass is 16.5. The van der Waals surface area contributed by atoms with Crippen LogP contribution in [-0.4, -0.2) is 69.6 Å². The molecular weight excluding hydrogens is 340 g/mol. The second kappa shape index (κ2) is 8.86. The van der Waals surface area contributed by atoms with Crippen LogP contribution in [0.3, 0.4) is 0 Å². The molecule has 2 N–H and O–H groups in total. The number of nitrogens with zero attached hydrogens (tertiary/aromatic N) is 1. The Morgan fingerprint density at radius 1 is 1.31 bits per heavy atom. The largest absolute Gasteiger partial charge is 0.495 e. The minimum absolute atomic E-state index is 0.00483. The summed E-state index contributed by atoms with van der Waals surface area (Å²) in [6.45, 7) is 1.54. The summed E-state index contributed by atoms with van der Waals surface area (Å²) in [5, 5.41) is 12.5. The van der Waals surface area contributed by atoms with Crippen LogP contribution in [0.2, 0.25) is 0 Å². The number of hydrogen-bond acceptors (Lipinski definition) is 6. The molecule has 144 valence electrons. The topological polar surface area (TPSA) is 97.3 Å². The lowest BCUT2D eigenvalue weighted by molar-refractivity contribution is -0.0255. The van der Waals surface area contributed by atoms with E-state index in [2.05, 4.69) is 5.32 Å². The number of carbonyl (C=O) groups excluding carboxylic acids is 2. The molecule has 1 heterocycles. The maximum atomic E-state index is 12.6. The van der Waals surface area contributed by atoms with Gasteiger partial charge in [0.2, 0.25) is 0 Å². The first-order valence-electron chi connectivity index (χ1n) is 8.42. The number of urea groups is 1. The van der Waals surface area contributed by atoms with Gasteiger partial charge in [-0.15, -0.1) is 0 Å². The second-order valence-electron chi connectivity index (χ2n) is 6.46. The van der Waals surface area contributed by atoms with Gasteiger partial charge in [0.05, 0.1) is 32.1 Å². The molecule has 2 rings (SSSR count). The molecule has 1 aliphatic rings. The summed E-state index contributed by atoms with van der Waals surface area (Å²) in [4.78, 5) is 25.8. The van der Waals surface area contributed by atoms with Gasteiger partial charge in [0.1, 0.15) is 5.75 Å². The van der Waals surface area contributed by atoms with Crippen molar-refractivity contribution in [3.05, 3.63) is 23.8 Å². The molecule has 8 heteroatoms. The van der Waals surface area contributed by atoms with Gasteiger partial charge in [0.25, 0.3) is 0 Å². The van der Waals surface area contributed by atoms with E-state index in [0.717, 1.165) is 0 Å². The van der Waals surface area contributed by atoms with Crippen molar-refractivity contribution in [1.82, 2.24) is 4.90 Å². The van der Waals surface area contributed by atoms with Gasteiger partial charge >= 0.3 is 12.0 Å². The van der Waals surface area contributed by atoms with Gasteiger partial charge in [-0.05, 0) is 31.0 Å². The van der Waals surface area contributed by atoms with E-state index in [9.17, 15) is 14.7 Å². The smallest absolute Gasteiger partial charge is 0.337 e. The second-order valence-corrected chi connectivity index (χ2v) is 6.46. The van der Waals surface area contributed by atoms with Crippen LogP contribution in [0, 0.1) is 5.41 Å². The van der Waals surface area contributed by atoms with Crippen molar-refractivity contribution >= 4 is 17.7 Å². The number of anilines is 1. The molecule has 1 saturated heterocycles. The van der Waals surface area contributed by atoms with Gasteiger partial charge in [-0.2, -0.15) is 0 Å². The Morgan fingerprint density at radius 2 is 2.00 bits per heavy atom. The summed E-state index contributed by atoms with van der Waals surface area (Å²) in [5.41, 5.74) is 0.322. The summed E-state index contributed by atoms with van der Waals surface area (Å²) in [7, 11) is 4.44. The van der Waals surface area contributed by atoms with E-state index < -0.39 is 5.97 Å². The van der Waals surface area contributed by atoms with Crippen molar-refractivity contribution in [2.75, 3.05) is 52.9 Å². The lowest BCUT2D eigenvalue weighted by atomic mass is 9.80. The number of rotatable bonds is 6. The molecule has 1 aromatic carbocycles. The zero-order valence-electron chi connectivity index (χ0n) is 15.4. The average molecular weight is 366 g/mol. The molecule has 8 nitrogen and oxygen atoms in total. The average Bonchev–Trinajstić information content (AvgIpc) is 2.67. The summed E-state index contributed by atoms with van der Waals surface area (Å²) < 4.78 is 15.3. The summed E-state index contributed by atoms with van der Waals surface area (Å²) in [5.74, 6) is -0.0692. The Labute approximate surface area is 153 Å². The molecular formula is C18H26N2O6. The lowest BCUT2D eigenvalue weighted by Gasteiger charge is -2.38. The summed E-state index contributed by atoms with van der Waals surface area (Å²) >= 11 is 0. The third-order valence-corrected chi connectivity index (χ3v) is 4.67. The molecule has 0 saturated carbocycles. The zero-order valence-corrected chi connectivity index (χ0v) is 15.4. The Kier molecular flexibility index (Phi) is 6.82. The molecule has 26 heavy (non-hydrogen) atoms. The zero-order chi connectivity index (χ0) is 19.2. The summed E-state index contributed by atoms with van der Waals surface area (Å²) in [6.07, 6.45) is 1.39. The number of aliphatic hydroxyl groups is 1. The van der Waals surface area contributed by atoms with Crippen molar-refractivity contribution in [2.24, 2.45) is 5.41 Å². The number of esters is 1. The van der Waals surface area contributed by atoms with Crippen LogP contribution in [-0.2, 0) is 9.47 Å². The fraction of sp³-hybridized carbons (Fsp3) is 0.556. The van der Waals surface area contributed by atoms with Gasteiger partial charge in [0.15, 0.2) is 0 Å². The Balaban J connectivity index is 2.11. The SMILES string of the molecule is COC(=O)c1ccc(OC)c(NC(=O)N(C)CC2(CO)CCOCC2)c1. The number of benzene rings is 1. The van der Waals surface area contributed by atoms with E-state index in [1.165, 1.54) is 25.2 Å². The lowest BCUT2D eigenvalue weighted by Crippen LogP contribution is -2.45. The van der Waals surface area contributed by atoms with Crippen LogP contribution in [0.1, 0.15) is 23.2 Å². The quantitative estimate of drug-likeness (QED) is 0.744. The third kappa shape index (κ3) is 4.64. The molecule has 1 aromatic rings. The number of aliphatic hydroxyl groups excluding tert-OH is 1. The fourth-order valence-electron chi connectivity index (χ4n) is 3.01. The van der Waals surface area contributed by atoms with Gasteiger partial charge in [-0.25, -0.2) is 9.59 Å². The molecule has 2 amide bonds. The Hall–Kier alpha value is -2.32. The molecule has 1 aliphatic heterocycles. The van der Waals surface area contributed by atoms with Crippen molar-refractivity contribution in [2.45, 2.75) is 12.8 Å². The van der Waals surface area contributed by atoms with Crippen molar-refractivity contribution in [3.8, 4) is 5.75 Å². The van der Waals surface area contributed by atoms with Gasteiger partial charge < -0.3 is 29.5 Å². The van der Waals surface area contributed by atoms with E-state index in [-0.39, 0.29) is 18.1 Å². The predicted molar refractivity (Wildman–Crippen MR) is 95.6 cm³/mol. The highest BCUT2D eigenvalue weighted by molar-refractivity contribution is 5.95. The van der Waals surface area contributed by atoms with E-state index >= 15 is 0 Å². The van der Waals surface area contributed by atoms with E-state index in [4.69, 9.17) is 14.2 Å². The van der Waals surface area contributed by atoms with Gasteiger partial charge in [0, 0.05) is 32.2 Å². The van der Waals surface area contributed by atoms with Crippen LogP contribution >= 0.6 is 0 Å². The van der Waals surface area contributed by atoms with Crippen molar-refractivity contribution < 1.29 is 28.9 Å². The number of methoxy groups -OCH3 is 2. The minimum Gasteiger partial charge on any atom is -0.495 e. The standard InChI is InChI=1S/C18H26N2O6/c1-20(11-18(12-21)6-8-26-9-7-18)17(23)19-14-10-13(16(22)25-3)4-5-15(14)24-2/h4-5,10,21H,6-9,11-12H2,1-3H3,(H,19,23). The summed E-state index contributed by atoms with van der Waals surface area (Å²) in [6, 6.07) is 4.30. The van der Waals surface area contributed by atoms with Gasteiger partial charge in [-0.1, -0.05) is 0 Å². The highest BCUT2D eigenvalue weighted by Gasteiger charge is 2.34. The molecule has 0 spiro atoms. The van der Waals surface area contributed by atoms with Crippen LogP contribution in [0.25, 0.3) is 0 Å². The number of carbonyl (C=O) groups is 2. The first kappa shape index (κ1) is 20.0. The van der Waals surface area contributed by atoms with Crippen molar-refractivity contribution in [3.63, 3.8) is 0 Å². The monoisotopic (exact) mass is 366 g/mol. The van der Waals surface area contributed by atoms with Gasteiger partial charge in [-0.3, -0.25) is 0 Å². The first-order valence-corrected chi connectivity index (χ1v) is 8.42. The third-order valence-electron chi connectivity index (χ3n) is 4.67. The molecule has 1 fully saturated rings. The fourth-order valence-corrected chi connectivity index (χ4v) is 3.01. The van der Waals surface area contributed by atoms with E-state index in [1.807, 2.05) is 0 Å². The van der Waals surface area contributed by atoms with Crippen LogP contribution in [0.15, 0.2) is 18.2 Å². The van der Waals surface area contributed by atoms with Crippen LogP contribution in [0.5, 0.6) is 5.75 Å². The Morgan fingerprint density at radius 3 is 2.58 bits per heavy atom. The van der Waals surface area contributed by atoms with Crippen molar-refractivity contribution in [1.29, 1.82) is 0 Å². The number of nitrogens with one attached hydrogen (secondary N) is 1. The number of hydrogen-bond donors (Lipinski definition) is 2. The van der Waals surface area contributed by atoms with Crippen LogP contribution in [0.4, 0.5) is 10.5 Å². The predicted octanol–water partition coefficient (Wildman–Crippen LogP) is 1.73. The van der Waals surface area contributed by atoms with E-state index in [0.29, 0.717) is 49.6 Å². The first-order chi connectivity index (χ1) is 12.4. The minimum atomic E-state index is -0.502. The maximum Gasteiger partial charge on any atom is 0.337 e. The molecule has 0 atom stereocenters. The van der Waals surface area contributed by atoms with Crippen LogP contribution < -0.4 is 10.1 Å².